The molecule has 8 N–H and O–H groups in total. The van der Waals surface area contributed by atoms with Crippen molar-refractivity contribution in [2.45, 2.75) is 63.7 Å². The minimum Gasteiger partial charge on any atom is -0.481 e. The summed E-state index contributed by atoms with van der Waals surface area (Å²) in [5.41, 5.74) is 7.25. The van der Waals surface area contributed by atoms with Crippen LogP contribution in [0.4, 0.5) is 0 Å². The van der Waals surface area contributed by atoms with Gasteiger partial charge in [0, 0.05) is 24.7 Å². The molecule has 0 aliphatic heterocycles. The Labute approximate surface area is 219 Å². The molecule has 13 nitrogen and oxygen atoms in total. The monoisotopic (exact) mass is 530 g/mol. The van der Waals surface area contributed by atoms with E-state index in [1.54, 1.807) is 30.3 Å². The highest BCUT2D eigenvalue weighted by molar-refractivity contribution is 5.95. The van der Waals surface area contributed by atoms with Crippen LogP contribution in [0.25, 0.3) is 0 Å². The summed E-state index contributed by atoms with van der Waals surface area (Å²) in [6.45, 7) is 3.71. The number of carboxylic acids is 2. The normalized spacial score (nSPS) is 14.8. The molecule has 0 aliphatic carbocycles. The van der Waals surface area contributed by atoms with Gasteiger partial charge in [-0.3, -0.25) is 19.2 Å². The summed E-state index contributed by atoms with van der Waals surface area (Å²) in [4.78, 5) is 68.4. The summed E-state index contributed by atoms with van der Waals surface area (Å²) in [5, 5.41) is 25.7. The number of nitrogens with zero attached hydrogens (tertiary/aromatic N) is 1. The van der Waals surface area contributed by atoms with E-state index in [9.17, 15) is 29.1 Å². The molecule has 2 rings (SSSR count). The Morgan fingerprint density at radius 2 is 1.50 bits per heavy atom. The van der Waals surface area contributed by atoms with Crippen LogP contribution < -0.4 is 21.7 Å². The van der Waals surface area contributed by atoms with E-state index >= 15 is 0 Å². The zero-order valence-electron chi connectivity index (χ0n) is 21.2. The molecule has 0 radical (unpaired) electrons. The lowest BCUT2D eigenvalue weighted by Gasteiger charge is -2.26. The van der Waals surface area contributed by atoms with Gasteiger partial charge in [-0.1, -0.05) is 50.6 Å². The van der Waals surface area contributed by atoms with Gasteiger partial charge in [-0.2, -0.15) is 0 Å². The highest BCUT2D eigenvalue weighted by Gasteiger charge is 2.32. The van der Waals surface area contributed by atoms with Crippen molar-refractivity contribution in [2.24, 2.45) is 11.7 Å². The van der Waals surface area contributed by atoms with Crippen LogP contribution >= 0.6 is 0 Å². The van der Waals surface area contributed by atoms with E-state index in [0.29, 0.717) is 12.1 Å². The lowest BCUT2D eigenvalue weighted by atomic mass is 9.98. The average Bonchev–Trinajstić information content (AvgIpc) is 3.39. The summed E-state index contributed by atoms with van der Waals surface area (Å²) in [6.07, 6.45) is 2.58. The van der Waals surface area contributed by atoms with Crippen LogP contribution in [-0.4, -0.2) is 74.0 Å². The van der Waals surface area contributed by atoms with Crippen molar-refractivity contribution in [3.8, 4) is 0 Å². The van der Waals surface area contributed by atoms with Crippen LogP contribution in [0.5, 0.6) is 0 Å². The first-order chi connectivity index (χ1) is 18.0. The van der Waals surface area contributed by atoms with Gasteiger partial charge in [0.1, 0.15) is 18.1 Å². The molecule has 0 aliphatic rings. The number of benzene rings is 1. The van der Waals surface area contributed by atoms with Gasteiger partial charge >= 0.3 is 11.9 Å². The number of aliphatic carboxylic acids is 2. The van der Waals surface area contributed by atoms with Gasteiger partial charge in [-0.25, -0.2) is 9.78 Å². The minimum atomic E-state index is -1.71. The first kappa shape index (κ1) is 30.0. The number of carbonyl (C=O) groups excluding carboxylic acids is 3. The van der Waals surface area contributed by atoms with E-state index in [1.165, 1.54) is 12.5 Å². The Kier molecular flexibility index (Phi) is 11.4. The van der Waals surface area contributed by atoms with Crippen LogP contribution in [-0.2, 0) is 36.8 Å². The molecule has 0 spiro atoms. The molecule has 0 saturated heterocycles. The number of nitrogens with two attached hydrogens (primary N) is 1. The van der Waals surface area contributed by atoms with Gasteiger partial charge in [0.2, 0.25) is 17.7 Å². The van der Waals surface area contributed by atoms with Crippen LogP contribution in [0, 0.1) is 5.92 Å². The number of aromatic amines is 1. The molecule has 13 heteroatoms. The van der Waals surface area contributed by atoms with Gasteiger partial charge in [0.25, 0.3) is 0 Å². The van der Waals surface area contributed by atoms with Crippen molar-refractivity contribution in [1.82, 2.24) is 25.9 Å². The maximum Gasteiger partial charge on any atom is 0.326 e. The van der Waals surface area contributed by atoms with Crippen LogP contribution in [0.1, 0.15) is 37.9 Å². The molecule has 1 aromatic heterocycles. The van der Waals surface area contributed by atoms with Crippen molar-refractivity contribution in [3.63, 3.8) is 0 Å². The number of rotatable bonds is 15. The van der Waals surface area contributed by atoms with E-state index in [1.807, 2.05) is 13.8 Å². The van der Waals surface area contributed by atoms with Crippen molar-refractivity contribution in [1.29, 1.82) is 0 Å². The number of H-pyrrole nitrogens is 1. The molecule has 0 saturated carbocycles. The second kappa shape index (κ2) is 14.5. The fourth-order valence-corrected chi connectivity index (χ4v) is 3.58. The van der Waals surface area contributed by atoms with Crippen molar-refractivity contribution < 1.29 is 34.2 Å². The van der Waals surface area contributed by atoms with Crippen molar-refractivity contribution in [3.05, 3.63) is 54.1 Å². The first-order valence-electron chi connectivity index (χ1n) is 12.1. The third kappa shape index (κ3) is 9.32. The number of amides is 3. The molecule has 206 valence electrons. The van der Waals surface area contributed by atoms with E-state index in [-0.39, 0.29) is 18.8 Å². The predicted molar refractivity (Wildman–Crippen MR) is 136 cm³/mol. The average molecular weight is 531 g/mol. The molecule has 3 amide bonds. The number of hydrogen-bond acceptors (Lipinski definition) is 7. The van der Waals surface area contributed by atoms with Crippen LogP contribution in [0.3, 0.4) is 0 Å². The highest BCUT2D eigenvalue weighted by Crippen LogP contribution is 2.09. The number of carboxylic acid groups (broad SMARTS) is 2. The number of nitrogens with one attached hydrogen (secondary N) is 4. The molecule has 1 heterocycles. The standard InChI is InChI=1S/C25H34N6O7/c1-3-14(2)21(26)24(36)30-17(9-15-7-5-4-6-8-15)22(34)29-18(10-16-12-27-13-28-16)23(35)31-19(25(37)38)11-20(32)33/h4-8,12-14,17-19,21H,3,9-11,26H2,1-2H3,(H,27,28)(H,29,34)(H,30,36)(H,31,35)(H,32,33)(H,37,38). The Hall–Kier alpha value is -4.26. The fraction of sp³-hybridized carbons (Fsp3) is 0.440. The summed E-state index contributed by atoms with van der Waals surface area (Å²) in [5.74, 6) is -5.25. The Bertz CT molecular complexity index is 1090. The second-order valence-electron chi connectivity index (χ2n) is 9.00. The molecular formula is C25H34N6O7. The zero-order valence-corrected chi connectivity index (χ0v) is 21.2. The summed E-state index contributed by atoms with van der Waals surface area (Å²) >= 11 is 0. The molecule has 2 aromatic rings. The van der Waals surface area contributed by atoms with Gasteiger partial charge in [-0.15, -0.1) is 0 Å². The van der Waals surface area contributed by atoms with Crippen molar-refractivity contribution in [2.75, 3.05) is 0 Å². The molecule has 5 atom stereocenters. The smallest absolute Gasteiger partial charge is 0.326 e. The van der Waals surface area contributed by atoms with Crippen molar-refractivity contribution >= 4 is 29.7 Å². The van der Waals surface area contributed by atoms with Gasteiger partial charge < -0.3 is 36.9 Å². The van der Waals surface area contributed by atoms with Crippen LogP contribution in [0.15, 0.2) is 42.9 Å². The number of carbonyl (C=O) groups is 5. The Balaban J connectivity index is 2.28. The number of aromatic nitrogens is 2. The lowest BCUT2D eigenvalue weighted by molar-refractivity contribution is -0.147. The Morgan fingerprint density at radius 1 is 0.921 bits per heavy atom. The van der Waals surface area contributed by atoms with E-state index in [2.05, 4.69) is 25.9 Å². The van der Waals surface area contributed by atoms with Gasteiger partial charge in [0.05, 0.1) is 18.8 Å². The van der Waals surface area contributed by atoms with Gasteiger partial charge in [-0.05, 0) is 11.5 Å². The third-order valence-corrected chi connectivity index (χ3v) is 6.08. The quantitative estimate of drug-likeness (QED) is 0.159. The SMILES string of the molecule is CCC(C)C(N)C(=O)NC(Cc1ccccc1)C(=O)NC(Cc1cnc[nH]1)C(=O)NC(CC(=O)O)C(=O)O. The van der Waals surface area contributed by atoms with E-state index in [0.717, 1.165) is 5.56 Å². The minimum absolute atomic E-state index is 0.0980. The summed E-state index contributed by atoms with van der Waals surface area (Å²) in [6, 6.07) is 3.93. The first-order valence-corrected chi connectivity index (χ1v) is 12.1. The largest absolute Gasteiger partial charge is 0.481 e. The second-order valence-corrected chi connectivity index (χ2v) is 9.00. The third-order valence-electron chi connectivity index (χ3n) is 6.08. The maximum absolute atomic E-state index is 13.4. The molecule has 0 bridgehead atoms. The Morgan fingerprint density at radius 3 is 2.03 bits per heavy atom. The highest BCUT2D eigenvalue weighted by atomic mass is 16.4. The maximum atomic E-state index is 13.4. The van der Waals surface area contributed by atoms with Gasteiger partial charge in [0.15, 0.2) is 0 Å². The summed E-state index contributed by atoms with van der Waals surface area (Å²) in [7, 11) is 0. The summed E-state index contributed by atoms with van der Waals surface area (Å²) < 4.78 is 0. The molecule has 1 aromatic carbocycles. The van der Waals surface area contributed by atoms with E-state index in [4.69, 9.17) is 10.8 Å². The molecule has 38 heavy (non-hydrogen) atoms. The lowest BCUT2D eigenvalue weighted by Crippen LogP contribution is -2.58. The number of imidazole rings is 1. The van der Waals surface area contributed by atoms with E-state index < -0.39 is 60.2 Å². The fourth-order valence-electron chi connectivity index (χ4n) is 3.58. The zero-order chi connectivity index (χ0) is 28.2. The topological polar surface area (TPSA) is 217 Å². The number of hydrogen-bond donors (Lipinski definition) is 7. The predicted octanol–water partition coefficient (Wildman–Crippen LogP) is -0.418. The molecular weight excluding hydrogens is 496 g/mol. The molecule has 0 fully saturated rings. The molecule has 5 unspecified atom stereocenters. The van der Waals surface area contributed by atoms with Crippen LogP contribution in [0.2, 0.25) is 0 Å².